The minimum absolute atomic E-state index is 0.349. The number of hydrogen-bond donors (Lipinski definition) is 0. The number of ether oxygens (including phenoxy) is 2. The number of methoxy groups -OCH3 is 2. The minimum Gasteiger partial charge on any atom is -0.493 e. The molecule has 0 atom stereocenters. The van der Waals surface area contributed by atoms with Crippen LogP contribution in [0.4, 0.5) is 0 Å². The number of hydrogen-bond acceptors (Lipinski definition) is 4. The fraction of sp³-hybridized carbons (Fsp3) is 0.273. The van der Waals surface area contributed by atoms with Gasteiger partial charge >= 0.3 is 0 Å². The summed E-state index contributed by atoms with van der Waals surface area (Å²) in [4.78, 5) is 0. The molecule has 1 aromatic carbocycles. The lowest BCUT2D eigenvalue weighted by molar-refractivity contribution is 0.354. The summed E-state index contributed by atoms with van der Waals surface area (Å²) < 4.78 is 12.1. The molecule has 0 N–H and O–H groups in total. The van der Waals surface area contributed by atoms with Crippen molar-refractivity contribution in [2.75, 3.05) is 14.2 Å². The van der Waals surface area contributed by atoms with E-state index in [0.29, 0.717) is 17.4 Å². The molecule has 2 rings (SSSR count). The van der Waals surface area contributed by atoms with Gasteiger partial charge in [0.05, 0.1) is 37.7 Å². The van der Waals surface area contributed by atoms with Crippen LogP contribution < -0.4 is 9.47 Å². The molecular weight excluding hydrogens is 242 g/mol. The third-order valence-electron chi connectivity index (χ3n) is 2.37. The fourth-order valence-corrected chi connectivity index (χ4v) is 1.70. The maximum Gasteiger partial charge on any atom is 0.162 e. The zero-order valence-corrected chi connectivity index (χ0v) is 10.3. The number of halogens is 1. The molecule has 1 heterocycles. The van der Waals surface area contributed by atoms with E-state index in [-0.39, 0.29) is 0 Å². The smallest absolute Gasteiger partial charge is 0.162 e. The van der Waals surface area contributed by atoms with Gasteiger partial charge in [-0.25, -0.2) is 4.68 Å². The molecule has 0 unspecified atom stereocenters. The first kappa shape index (κ1) is 11.7. The van der Waals surface area contributed by atoms with Crippen LogP contribution in [0.25, 0.3) is 5.69 Å². The van der Waals surface area contributed by atoms with Gasteiger partial charge in [0.1, 0.15) is 0 Å². The van der Waals surface area contributed by atoms with E-state index >= 15 is 0 Å². The van der Waals surface area contributed by atoms with Crippen molar-refractivity contribution in [3.05, 3.63) is 30.1 Å². The lowest BCUT2D eigenvalue weighted by Crippen LogP contribution is -2.01. The predicted molar refractivity (Wildman–Crippen MR) is 64.0 cm³/mol. The van der Waals surface area contributed by atoms with Gasteiger partial charge in [-0.1, -0.05) is 5.21 Å². The summed E-state index contributed by atoms with van der Waals surface area (Å²) >= 11 is 5.80. The summed E-state index contributed by atoms with van der Waals surface area (Å²) in [5.74, 6) is 1.66. The largest absolute Gasteiger partial charge is 0.493 e. The van der Waals surface area contributed by atoms with Crippen molar-refractivity contribution in [2.24, 2.45) is 0 Å². The van der Waals surface area contributed by atoms with Crippen LogP contribution in [0.3, 0.4) is 0 Å². The summed E-state index contributed by atoms with van der Waals surface area (Å²) in [6.45, 7) is 0. The van der Waals surface area contributed by atoms with Crippen molar-refractivity contribution in [1.29, 1.82) is 0 Å². The van der Waals surface area contributed by atoms with Crippen molar-refractivity contribution >= 4 is 11.6 Å². The van der Waals surface area contributed by atoms with Crippen molar-refractivity contribution < 1.29 is 9.47 Å². The van der Waals surface area contributed by atoms with Crippen LogP contribution >= 0.6 is 11.6 Å². The average molecular weight is 254 g/mol. The topological polar surface area (TPSA) is 49.2 Å². The van der Waals surface area contributed by atoms with Crippen molar-refractivity contribution in [2.45, 2.75) is 5.88 Å². The van der Waals surface area contributed by atoms with E-state index in [1.165, 1.54) is 0 Å². The summed E-state index contributed by atoms with van der Waals surface area (Å²) in [6.07, 6.45) is 1.63. The van der Waals surface area contributed by atoms with Crippen LogP contribution in [-0.4, -0.2) is 29.2 Å². The SMILES string of the molecule is COc1ccc(-n2nncc2CCl)cc1OC. The van der Waals surface area contributed by atoms with Crippen molar-refractivity contribution in [1.82, 2.24) is 15.0 Å². The molecule has 0 bridgehead atoms. The molecule has 5 nitrogen and oxygen atoms in total. The lowest BCUT2D eigenvalue weighted by Gasteiger charge is -2.10. The van der Waals surface area contributed by atoms with E-state index in [9.17, 15) is 0 Å². The molecule has 0 saturated carbocycles. The Hall–Kier alpha value is -1.75. The van der Waals surface area contributed by atoms with Crippen LogP contribution in [0.2, 0.25) is 0 Å². The van der Waals surface area contributed by atoms with Crippen LogP contribution in [0.15, 0.2) is 24.4 Å². The maximum atomic E-state index is 5.80. The average Bonchev–Trinajstić information content (AvgIpc) is 2.86. The molecule has 0 radical (unpaired) electrons. The second-order valence-electron chi connectivity index (χ2n) is 3.31. The highest BCUT2D eigenvalue weighted by Crippen LogP contribution is 2.29. The summed E-state index contributed by atoms with van der Waals surface area (Å²) in [5.41, 5.74) is 1.65. The Bertz CT molecular complexity index is 513. The molecule has 0 aliphatic rings. The molecule has 0 spiro atoms. The highest BCUT2D eigenvalue weighted by atomic mass is 35.5. The first-order valence-electron chi connectivity index (χ1n) is 4.98. The van der Waals surface area contributed by atoms with Crippen LogP contribution in [0.5, 0.6) is 11.5 Å². The summed E-state index contributed by atoms with van der Waals surface area (Å²) in [5, 5.41) is 7.80. The predicted octanol–water partition coefficient (Wildman–Crippen LogP) is 2.02. The number of benzene rings is 1. The zero-order valence-electron chi connectivity index (χ0n) is 9.55. The van der Waals surface area contributed by atoms with Gasteiger partial charge < -0.3 is 9.47 Å². The number of aromatic nitrogens is 3. The van der Waals surface area contributed by atoms with Gasteiger partial charge in [0, 0.05) is 6.07 Å². The van der Waals surface area contributed by atoms with Crippen LogP contribution in [0, 0.1) is 0 Å². The Kier molecular flexibility index (Phi) is 3.49. The van der Waals surface area contributed by atoms with Crippen LogP contribution in [-0.2, 0) is 5.88 Å². The third kappa shape index (κ3) is 2.19. The first-order chi connectivity index (χ1) is 8.30. The van der Waals surface area contributed by atoms with Gasteiger partial charge in [0.2, 0.25) is 0 Å². The normalized spacial score (nSPS) is 10.3. The van der Waals surface area contributed by atoms with E-state index < -0.39 is 0 Å². The Labute approximate surface area is 104 Å². The Balaban J connectivity index is 2.46. The molecular formula is C11H12ClN3O2. The standard InChI is InChI=1S/C11H12ClN3O2/c1-16-10-4-3-8(5-11(10)17-2)15-9(6-12)7-13-14-15/h3-5,7H,6H2,1-2H3. The molecule has 0 amide bonds. The van der Waals surface area contributed by atoms with Crippen molar-refractivity contribution in [3.63, 3.8) is 0 Å². The molecule has 0 aliphatic heterocycles. The second-order valence-corrected chi connectivity index (χ2v) is 3.58. The molecule has 0 aliphatic carbocycles. The van der Waals surface area contributed by atoms with E-state index in [1.54, 1.807) is 25.1 Å². The van der Waals surface area contributed by atoms with E-state index in [4.69, 9.17) is 21.1 Å². The molecule has 17 heavy (non-hydrogen) atoms. The minimum atomic E-state index is 0.349. The van der Waals surface area contributed by atoms with Gasteiger partial charge in [-0.05, 0) is 12.1 Å². The summed E-state index contributed by atoms with van der Waals surface area (Å²) in [6, 6.07) is 5.50. The van der Waals surface area contributed by atoms with Gasteiger partial charge in [-0.15, -0.1) is 16.7 Å². The second kappa shape index (κ2) is 5.05. The van der Waals surface area contributed by atoms with E-state index in [0.717, 1.165) is 11.4 Å². The van der Waals surface area contributed by atoms with E-state index in [2.05, 4.69) is 10.3 Å². The molecule has 1 aromatic heterocycles. The molecule has 2 aromatic rings. The highest BCUT2D eigenvalue weighted by Gasteiger charge is 2.09. The third-order valence-corrected chi connectivity index (χ3v) is 2.64. The maximum absolute atomic E-state index is 5.80. The van der Waals surface area contributed by atoms with Gasteiger partial charge in [0.25, 0.3) is 0 Å². The Morgan fingerprint density at radius 3 is 2.65 bits per heavy atom. The number of nitrogens with zero attached hydrogens (tertiary/aromatic N) is 3. The number of alkyl halides is 1. The Morgan fingerprint density at radius 2 is 2.00 bits per heavy atom. The molecule has 0 fully saturated rings. The molecule has 0 saturated heterocycles. The fourth-order valence-electron chi connectivity index (χ4n) is 1.52. The van der Waals surface area contributed by atoms with Crippen LogP contribution in [0.1, 0.15) is 5.69 Å². The zero-order chi connectivity index (χ0) is 12.3. The van der Waals surface area contributed by atoms with Gasteiger partial charge in [-0.2, -0.15) is 0 Å². The quantitative estimate of drug-likeness (QED) is 0.783. The molecule has 6 heteroatoms. The lowest BCUT2D eigenvalue weighted by atomic mass is 10.2. The highest BCUT2D eigenvalue weighted by molar-refractivity contribution is 6.16. The van der Waals surface area contributed by atoms with Gasteiger partial charge in [-0.3, -0.25) is 0 Å². The van der Waals surface area contributed by atoms with E-state index in [1.807, 2.05) is 18.2 Å². The Morgan fingerprint density at radius 1 is 1.24 bits per heavy atom. The first-order valence-corrected chi connectivity index (χ1v) is 5.51. The monoisotopic (exact) mass is 253 g/mol. The van der Waals surface area contributed by atoms with Gasteiger partial charge in [0.15, 0.2) is 11.5 Å². The van der Waals surface area contributed by atoms with Crippen molar-refractivity contribution in [3.8, 4) is 17.2 Å². The number of rotatable bonds is 4. The molecule has 90 valence electrons. The summed E-state index contributed by atoms with van der Waals surface area (Å²) in [7, 11) is 3.18.